The second kappa shape index (κ2) is 5.48. The lowest BCUT2D eigenvalue weighted by Gasteiger charge is -2.11. The molecule has 1 fully saturated rings. The first kappa shape index (κ1) is 14.6. The topological polar surface area (TPSA) is 82.2 Å². The van der Waals surface area contributed by atoms with Crippen molar-refractivity contribution in [1.29, 1.82) is 0 Å². The Balaban J connectivity index is 1.76. The minimum atomic E-state index is -0.770. The van der Waals surface area contributed by atoms with Crippen LogP contribution in [0.25, 0.3) is 10.9 Å². The van der Waals surface area contributed by atoms with Crippen molar-refractivity contribution in [2.45, 2.75) is 39.2 Å². The summed E-state index contributed by atoms with van der Waals surface area (Å²) in [6, 6.07) is 5.83. The monoisotopic (exact) mass is 300 g/mol. The fraction of sp³-hybridized carbons (Fsp3) is 0.412. The number of carboxylic acid groups (broad SMARTS) is 1. The second-order valence-electron chi connectivity index (χ2n) is 6.17. The van der Waals surface area contributed by atoms with E-state index < -0.39 is 5.97 Å². The van der Waals surface area contributed by atoms with E-state index in [4.69, 9.17) is 5.11 Å². The quantitative estimate of drug-likeness (QED) is 0.815. The van der Waals surface area contributed by atoms with Gasteiger partial charge in [-0.2, -0.15) is 0 Å². The fourth-order valence-corrected chi connectivity index (χ4v) is 3.18. The van der Waals surface area contributed by atoms with Gasteiger partial charge in [0, 0.05) is 16.9 Å². The number of H-pyrrole nitrogens is 1. The maximum absolute atomic E-state index is 12.4. The summed E-state index contributed by atoms with van der Waals surface area (Å²) in [5.74, 6) is -1.27. The van der Waals surface area contributed by atoms with Gasteiger partial charge in [0.05, 0.1) is 5.92 Å². The van der Waals surface area contributed by atoms with Crippen molar-refractivity contribution < 1.29 is 14.7 Å². The zero-order valence-corrected chi connectivity index (χ0v) is 12.8. The SMILES string of the molecule is Cc1ccc2[nH]c(C(=O)N[C@@H]3CC[C@H](C(=O)O)C3)cc2c1C. The highest BCUT2D eigenvalue weighted by atomic mass is 16.4. The highest BCUT2D eigenvalue weighted by molar-refractivity contribution is 5.99. The largest absolute Gasteiger partial charge is 0.481 e. The van der Waals surface area contributed by atoms with Crippen molar-refractivity contribution in [3.63, 3.8) is 0 Å². The van der Waals surface area contributed by atoms with Crippen LogP contribution in [0.15, 0.2) is 18.2 Å². The molecule has 1 aromatic heterocycles. The van der Waals surface area contributed by atoms with Crippen LogP contribution in [0.2, 0.25) is 0 Å². The van der Waals surface area contributed by atoms with Gasteiger partial charge in [-0.1, -0.05) is 6.07 Å². The Morgan fingerprint density at radius 2 is 2.05 bits per heavy atom. The molecule has 0 aliphatic heterocycles. The van der Waals surface area contributed by atoms with Gasteiger partial charge in [-0.05, 0) is 56.4 Å². The lowest BCUT2D eigenvalue weighted by molar-refractivity contribution is -0.141. The van der Waals surface area contributed by atoms with Crippen LogP contribution in [-0.2, 0) is 4.79 Å². The molecule has 1 heterocycles. The summed E-state index contributed by atoms with van der Waals surface area (Å²) < 4.78 is 0. The summed E-state index contributed by atoms with van der Waals surface area (Å²) in [7, 11) is 0. The van der Waals surface area contributed by atoms with Crippen molar-refractivity contribution in [1.82, 2.24) is 10.3 Å². The van der Waals surface area contributed by atoms with E-state index in [2.05, 4.69) is 10.3 Å². The molecule has 22 heavy (non-hydrogen) atoms. The number of rotatable bonds is 3. The molecule has 1 saturated carbocycles. The fourth-order valence-electron chi connectivity index (χ4n) is 3.18. The van der Waals surface area contributed by atoms with Gasteiger partial charge in [-0.25, -0.2) is 0 Å². The van der Waals surface area contributed by atoms with E-state index in [1.807, 2.05) is 32.0 Å². The summed E-state index contributed by atoms with van der Waals surface area (Å²) >= 11 is 0. The molecule has 0 bridgehead atoms. The number of nitrogens with one attached hydrogen (secondary N) is 2. The van der Waals surface area contributed by atoms with Gasteiger partial charge < -0.3 is 15.4 Å². The smallest absolute Gasteiger partial charge is 0.306 e. The average Bonchev–Trinajstić information content (AvgIpc) is 3.09. The number of aryl methyl sites for hydroxylation is 2. The summed E-state index contributed by atoms with van der Waals surface area (Å²) in [4.78, 5) is 26.5. The predicted octanol–water partition coefficient (Wildman–Crippen LogP) is 2.77. The maximum Gasteiger partial charge on any atom is 0.306 e. The highest BCUT2D eigenvalue weighted by Gasteiger charge is 2.30. The van der Waals surface area contributed by atoms with Crippen molar-refractivity contribution >= 4 is 22.8 Å². The molecule has 3 N–H and O–H groups in total. The third kappa shape index (κ3) is 2.58. The van der Waals surface area contributed by atoms with Crippen molar-refractivity contribution in [2.24, 2.45) is 5.92 Å². The van der Waals surface area contributed by atoms with Gasteiger partial charge in [0.1, 0.15) is 5.69 Å². The molecule has 2 atom stereocenters. The van der Waals surface area contributed by atoms with Crippen LogP contribution < -0.4 is 5.32 Å². The Labute approximate surface area is 128 Å². The highest BCUT2D eigenvalue weighted by Crippen LogP contribution is 2.26. The van der Waals surface area contributed by atoms with Gasteiger partial charge in [-0.3, -0.25) is 9.59 Å². The van der Waals surface area contributed by atoms with Gasteiger partial charge in [-0.15, -0.1) is 0 Å². The first-order chi connectivity index (χ1) is 10.5. The summed E-state index contributed by atoms with van der Waals surface area (Å²) in [5.41, 5.74) is 3.84. The number of hydrogen-bond donors (Lipinski definition) is 3. The average molecular weight is 300 g/mol. The van der Waals surface area contributed by atoms with Gasteiger partial charge in [0.25, 0.3) is 5.91 Å². The summed E-state index contributed by atoms with van der Waals surface area (Å²) in [5, 5.41) is 13.0. The van der Waals surface area contributed by atoms with E-state index in [0.717, 1.165) is 17.3 Å². The number of fused-ring (bicyclic) bond motifs is 1. The molecule has 5 nitrogen and oxygen atoms in total. The molecule has 1 aliphatic rings. The Morgan fingerprint density at radius 3 is 2.73 bits per heavy atom. The minimum absolute atomic E-state index is 0.0529. The van der Waals surface area contributed by atoms with E-state index in [9.17, 15) is 9.59 Å². The first-order valence-electron chi connectivity index (χ1n) is 7.58. The number of amides is 1. The first-order valence-corrected chi connectivity index (χ1v) is 7.58. The summed E-state index contributed by atoms with van der Waals surface area (Å²) in [6.07, 6.45) is 1.87. The van der Waals surface area contributed by atoms with E-state index in [1.54, 1.807) is 0 Å². The molecule has 0 spiro atoms. The molecule has 3 rings (SSSR count). The van der Waals surface area contributed by atoms with Crippen LogP contribution in [0.1, 0.15) is 40.9 Å². The van der Waals surface area contributed by atoms with E-state index in [-0.39, 0.29) is 17.9 Å². The number of benzene rings is 1. The Kier molecular flexibility index (Phi) is 3.64. The Bertz CT molecular complexity index is 748. The molecule has 1 aromatic carbocycles. The molecule has 116 valence electrons. The molecule has 5 heteroatoms. The van der Waals surface area contributed by atoms with Gasteiger partial charge in [0.15, 0.2) is 0 Å². The van der Waals surface area contributed by atoms with E-state index in [1.165, 1.54) is 11.1 Å². The van der Waals surface area contributed by atoms with Crippen molar-refractivity contribution in [3.8, 4) is 0 Å². The lowest BCUT2D eigenvalue weighted by Crippen LogP contribution is -2.33. The third-order valence-electron chi connectivity index (χ3n) is 4.71. The Morgan fingerprint density at radius 1 is 1.27 bits per heavy atom. The number of carboxylic acids is 1. The van der Waals surface area contributed by atoms with Crippen LogP contribution in [0.3, 0.4) is 0 Å². The number of aromatic amines is 1. The van der Waals surface area contributed by atoms with Crippen LogP contribution >= 0.6 is 0 Å². The maximum atomic E-state index is 12.4. The predicted molar refractivity (Wildman–Crippen MR) is 84.0 cm³/mol. The molecule has 0 radical (unpaired) electrons. The van der Waals surface area contributed by atoms with E-state index >= 15 is 0 Å². The number of hydrogen-bond acceptors (Lipinski definition) is 2. The van der Waals surface area contributed by atoms with Crippen LogP contribution in [0.5, 0.6) is 0 Å². The van der Waals surface area contributed by atoms with Gasteiger partial charge >= 0.3 is 5.97 Å². The molecular weight excluding hydrogens is 280 g/mol. The normalized spacial score (nSPS) is 21.2. The molecule has 1 amide bonds. The number of carbonyl (C=O) groups excluding carboxylic acids is 1. The molecule has 2 aromatic rings. The minimum Gasteiger partial charge on any atom is -0.481 e. The van der Waals surface area contributed by atoms with Crippen molar-refractivity contribution in [2.75, 3.05) is 0 Å². The number of aromatic nitrogens is 1. The number of aliphatic carboxylic acids is 1. The third-order valence-corrected chi connectivity index (χ3v) is 4.71. The molecule has 1 aliphatic carbocycles. The lowest BCUT2D eigenvalue weighted by atomic mass is 10.1. The number of carbonyl (C=O) groups is 2. The summed E-state index contributed by atoms with van der Waals surface area (Å²) in [6.45, 7) is 4.09. The van der Waals surface area contributed by atoms with Crippen molar-refractivity contribution in [3.05, 3.63) is 35.0 Å². The molecule has 0 saturated heterocycles. The Hall–Kier alpha value is -2.30. The zero-order chi connectivity index (χ0) is 15.9. The molecule has 0 unspecified atom stereocenters. The second-order valence-corrected chi connectivity index (χ2v) is 6.17. The zero-order valence-electron chi connectivity index (χ0n) is 12.8. The molecular formula is C17H20N2O3. The van der Waals surface area contributed by atoms with Crippen LogP contribution in [0.4, 0.5) is 0 Å². The van der Waals surface area contributed by atoms with Crippen LogP contribution in [0, 0.1) is 19.8 Å². The van der Waals surface area contributed by atoms with E-state index in [0.29, 0.717) is 18.5 Å². The standard InChI is InChI=1S/C17H20N2O3/c1-9-3-6-14-13(10(9)2)8-15(19-14)16(20)18-12-5-4-11(7-12)17(21)22/h3,6,8,11-12,19H,4-5,7H2,1-2H3,(H,18,20)(H,21,22)/t11-,12+/m0/s1. The van der Waals surface area contributed by atoms with Gasteiger partial charge in [0.2, 0.25) is 0 Å². The van der Waals surface area contributed by atoms with Crippen LogP contribution in [-0.4, -0.2) is 28.0 Å².